The molecule has 1 aromatic carbocycles. The molecule has 2 amide bonds. The van der Waals surface area contributed by atoms with Crippen LogP contribution in [-0.2, 0) is 4.79 Å². The van der Waals surface area contributed by atoms with Crippen LogP contribution in [0.15, 0.2) is 18.2 Å². The number of likely N-dealkylation sites (N-methyl/N-ethyl adjacent to an activating group) is 1. The standard InChI is InChI=1S/C15H20FN3O2.ClH/c1-11-3-4-12(16)9-13(11)15(21)18(2)10-14(20)19-7-5-17-6-8-19;/h3-4,9,17H,5-8,10H2,1-2H3;1H. The number of halogens is 2. The van der Waals surface area contributed by atoms with Crippen LogP contribution in [0.2, 0.25) is 0 Å². The van der Waals surface area contributed by atoms with Gasteiger partial charge in [-0.1, -0.05) is 6.07 Å². The maximum absolute atomic E-state index is 13.3. The van der Waals surface area contributed by atoms with E-state index in [9.17, 15) is 14.0 Å². The molecule has 1 saturated heterocycles. The first-order valence-corrected chi connectivity index (χ1v) is 6.99. The van der Waals surface area contributed by atoms with Crippen LogP contribution < -0.4 is 5.32 Å². The highest BCUT2D eigenvalue weighted by molar-refractivity contribution is 5.97. The Morgan fingerprint density at radius 1 is 1.32 bits per heavy atom. The van der Waals surface area contributed by atoms with E-state index < -0.39 is 5.82 Å². The molecule has 0 aromatic heterocycles. The molecule has 1 fully saturated rings. The van der Waals surface area contributed by atoms with Gasteiger partial charge in [0.1, 0.15) is 5.82 Å². The fourth-order valence-electron chi connectivity index (χ4n) is 2.32. The van der Waals surface area contributed by atoms with Crippen molar-refractivity contribution in [3.05, 3.63) is 35.1 Å². The Balaban J connectivity index is 0.00000242. The summed E-state index contributed by atoms with van der Waals surface area (Å²) < 4.78 is 13.3. The first-order valence-electron chi connectivity index (χ1n) is 6.99. The van der Waals surface area contributed by atoms with E-state index in [0.717, 1.165) is 13.1 Å². The predicted octanol–water partition coefficient (Wildman–Crippen LogP) is 1.06. The fraction of sp³-hybridized carbons (Fsp3) is 0.467. The van der Waals surface area contributed by atoms with Gasteiger partial charge in [0.05, 0.1) is 6.54 Å². The molecule has 2 rings (SSSR count). The van der Waals surface area contributed by atoms with E-state index in [0.29, 0.717) is 24.2 Å². The van der Waals surface area contributed by atoms with Crippen LogP contribution >= 0.6 is 12.4 Å². The van der Waals surface area contributed by atoms with Crippen molar-refractivity contribution >= 4 is 24.2 Å². The highest BCUT2D eigenvalue weighted by Crippen LogP contribution is 2.12. The highest BCUT2D eigenvalue weighted by atomic mass is 35.5. The van der Waals surface area contributed by atoms with Crippen LogP contribution in [0.4, 0.5) is 4.39 Å². The molecule has 0 radical (unpaired) electrons. The van der Waals surface area contributed by atoms with Crippen LogP contribution in [0.1, 0.15) is 15.9 Å². The van der Waals surface area contributed by atoms with E-state index in [2.05, 4.69) is 5.32 Å². The Morgan fingerprint density at radius 2 is 1.95 bits per heavy atom. The summed E-state index contributed by atoms with van der Waals surface area (Å²) in [4.78, 5) is 27.5. The molecule has 1 heterocycles. The van der Waals surface area contributed by atoms with Crippen molar-refractivity contribution < 1.29 is 14.0 Å². The Bertz CT molecular complexity index is 548. The zero-order valence-electron chi connectivity index (χ0n) is 12.8. The van der Waals surface area contributed by atoms with Gasteiger partial charge in [-0.15, -0.1) is 12.4 Å². The maximum Gasteiger partial charge on any atom is 0.254 e. The highest BCUT2D eigenvalue weighted by Gasteiger charge is 2.21. The normalized spacial score (nSPS) is 14.2. The van der Waals surface area contributed by atoms with Gasteiger partial charge in [0.2, 0.25) is 5.91 Å². The number of carbonyl (C=O) groups is 2. The van der Waals surface area contributed by atoms with Crippen molar-refractivity contribution in [3.8, 4) is 0 Å². The molecule has 22 heavy (non-hydrogen) atoms. The van der Waals surface area contributed by atoms with Gasteiger partial charge >= 0.3 is 0 Å². The molecule has 1 aromatic rings. The number of amides is 2. The van der Waals surface area contributed by atoms with Crippen LogP contribution in [0.3, 0.4) is 0 Å². The Morgan fingerprint density at radius 3 is 2.59 bits per heavy atom. The summed E-state index contributed by atoms with van der Waals surface area (Å²) in [6.45, 7) is 4.60. The van der Waals surface area contributed by atoms with Crippen LogP contribution in [0.25, 0.3) is 0 Å². The van der Waals surface area contributed by atoms with Crippen molar-refractivity contribution in [1.82, 2.24) is 15.1 Å². The summed E-state index contributed by atoms with van der Waals surface area (Å²) in [6, 6.07) is 4.09. The zero-order chi connectivity index (χ0) is 15.4. The third-order valence-electron chi connectivity index (χ3n) is 3.62. The van der Waals surface area contributed by atoms with Crippen molar-refractivity contribution in [2.45, 2.75) is 6.92 Å². The minimum absolute atomic E-state index is 0. The number of aryl methyl sites for hydroxylation is 1. The first kappa shape index (κ1) is 18.4. The number of hydrogen-bond acceptors (Lipinski definition) is 3. The second-order valence-electron chi connectivity index (χ2n) is 5.25. The second kappa shape index (κ2) is 8.10. The van der Waals surface area contributed by atoms with E-state index in [4.69, 9.17) is 0 Å². The van der Waals surface area contributed by atoms with Gasteiger partial charge in [-0.05, 0) is 24.6 Å². The molecule has 0 bridgehead atoms. The molecular weight excluding hydrogens is 309 g/mol. The predicted molar refractivity (Wildman–Crippen MR) is 84.8 cm³/mol. The van der Waals surface area contributed by atoms with Gasteiger partial charge < -0.3 is 15.1 Å². The topological polar surface area (TPSA) is 52.7 Å². The van der Waals surface area contributed by atoms with Crippen molar-refractivity contribution in [2.24, 2.45) is 0 Å². The first-order chi connectivity index (χ1) is 9.99. The molecule has 0 atom stereocenters. The molecule has 5 nitrogen and oxygen atoms in total. The summed E-state index contributed by atoms with van der Waals surface area (Å²) in [7, 11) is 1.56. The summed E-state index contributed by atoms with van der Waals surface area (Å²) in [6.07, 6.45) is 0. The summed E-state index contributed by atoms with van der Waals surface area (Å²) in [5.74, 6) is -0.873. The van der Waals surface area contributed by atoms with Gasteiger partial charge in [-0.2, -0.15) is 0 Å². The number of nitrogens with zero attached hydrogens (tertiary/aromatic N) is 2. The smallest absolute Gasteiger partial charge is 0.254 e. The molecule has 0 aliphatic carbocycles. The van der Waals surface area contributed by atoms with Crippen molar-refractivity contribution in [1.29, 1.82) is 0 Å². The summed E-state index contributed by atoms with van der Waals surface area (Å²) in [5.41, 5.74) is 0.994. The molecule has 1 N–H and O–H groups in total. The number of benzene rings is 1. The van der Waals surface area contributed by atoms with E-state index in [-0.39, 0.29) is 30.8 Å². The second-order valence-corrected chi connectivity index (χ2v) is 5.25. The van der Waals surface area contributed by atoms with Gasteiger partial charge in [0, 0.05) is 38.8 Å². The van der Waals surface area contributed by atoms with Crippen molar-refractivity contribution in [2.75, 3.05) is 39.8 Å². The SMILES string of the molecule is Cc1ccc(F)cc1C(=O)N(C)CC(=O)N1CCNCC1.Cl. The number of rotatable bonds is 3. The number of piperazine rings is 1. The van der Waals surface area contributed by atoms with E-state index in [1.807, 2.05) is 0 Å². The lowest BCUT2D eigenvalue weighted by Crippen LogP contribution is -2.49. The third-order valence-corrected chi connectivity index (χ3v) is 3.62. The average molecular weight is 330 g/mol. The fourth-order valence-corrected chi connectivity index (χ4v) is 2.32. The Labute approximate surface area is 135 Å². The molecule has 0 unspecified atom stereocenters. The van der Waals surface area contributed by atoms with Crippen molar-refractivity contribution in [3.63, 3.8) is 0 Å². The largest absolute Gasteiger partial charge is 0.339 e. The zero-order valence-corrected chi connectivity index (χ0v) is 13.6. The number of nitrogens with one attached hydrogen (secondary N) is 1. The van der Waals surface area contributed by atoms with Crippen LogP contribution in [0, 0.1) is 12.7 Å². The molecule has 1 aliphatic heterocycles. The van der Waals surface area contributed by atoms with Gasteiger partial charge in [-0.25, -0.2) is 4.39 Å². The lowest BCUT2D eigenvalue weighted by molar-refractivity contribution is -0.132. The lowest BCUT2D eigenvalue weighted by Gasteiger charge is -2.29. The number of carbonyl (C=O) groups excluding carboxylic acids is 2. The molecule has 7 heteroatoms. The molecule has 1 aliphatic rings. The van der Waals surface area contributed by atoms with E-state index >= 15 is 0 Å². The van der Waals surface area contributed by atoms with Gasteiger partial charge in [0.25, 0.3) is 5.91 Å². The third kappa shape index (κ3) is 4.42. The maximum atomic E-state index is 13.3. The summed E-state index contributed by atoms with van der Waals surface area (Å²) in [5, 5.41) is 3.17. The molecular formula is C15H21ClFN3O2. The summed E-state index contributed by atoms with van der Waals surface area (Å²) >= 11 is 0. The minimum Gasteiger partial charge on any atom is -0.339 e. The Hall–Kier alpha value is -1.66. The van der Waals surface area contributed by atoms with Crippen LogP contribution in [0.5, 0.6) is 0 Å². The lowest BCUT2D eigenvalue weighted by atomic mass is 10.1. The van der Waals surface area contributed by atoms with Gasteiger partial charge in [0.15, 0.2) is 0 Å². The Kier molecular flexibility index (Phi) is 6.77. The average Bonchev–Trinajstić information content (AvgIpc) is 2.49. The quantitative estimate of drug-likeness (QED) is 0.902. The molecule has 0 saturated carbocycles. The number of hydrogen-bond donors (Lipinski definition) is 1. The monoisotopic (exact) mass is 329 g/mol. The molecule has 122 valence electrons. The molecule has 0 spiro atoms. The van der Waals surface area contributed by atoms with E-state index in [1.165, 1.54) is 17.0 Å². The van der Waals surface area contributed by atoms with Crippen LogP contribution in [-0.4, -0.2) is 61.4 Å². The van der Waals surface area contributed by atoms with Gasteiger partial charge in [-0.3, -0.25) is 9.59 Å². The minimum atomic E-state index is -0.453. The van der Waals surface area contributed by atoms with E-state index in [1.54, 1.807) is 24.9 Å².